The molecule has 1 atom stereocenters. The number of fused-ring (bicyclic) bond motifs is 1. The average molecular weight is 332 g/mol. The maximum atomic E-state index is 12.4. The minimum Gasteiger partial charge on any atom is -0.207 e. The highest BCUT2D eigenvalue weighted by atomic mass is 79.9. The van der Waals surface area contributed by atoms with Crippen molar-refractivity contribution < 1.29 is 8.42 Å². The molecule has 100 valence electrons. The summed E-state index contributed by atoms with van der Waals surface area (Å²) in [6.07, 6.45) is 3.20. The van der Waals surface area contributed by atoms with Crippen LogP contribution in [0.2, 0.25) is 0 Å². The maximum absolute atomic E-state index is 12.4. The molecule has 0 radical (unpaired) electrons. The molecule has 3 nitrogen and oxygen atoms in total. The molecule has 1 aromatic rings. The molecule has 0 N–H and O–H groups in total. The minimum atomic E-state index is -3.35. The van der Waals surface area contributed by atoms with Gasteiger partial charge in [-0.15, -0.1) is 0 Å². The smallest absolute Gasteiger partial charge is 0.207 e. The number of sulfonamides is 1. The Morgan fingerprint density at radius 1 is 1.33 bits per heavy atom. The van der Waals surface area contributed by atoms with Crippen molar-refractivity contribution in [3.05, 3.63) is 29.3 Å². The molecule has 18 heavy (non-hydrogen) atoms. The van der Waals surface area contributed by atoms with Gasteiger partial charge in [-0.25, -0.2) is 8.42 Å². The summed E-state index contributed by atoms with van der Waals surface area (Å²) in [5.74, 6) is 0. The van der Waals surface area contributed by atoms with E-state index >= 15 is 0 Å². The highest BCUT2D eigenvalue weighted by Crippen LogP contribution is 2.26. The van der Waals surface area contributed by atoms with E-state index in [4.69, 9.17) is 0 Å². The largest absolute Gasteiger partial charge is 0.242 e. The fraction of sp³-hybridized carbons (Fsp3) is 0.538. The fourth-order valence-corrected chi connectivity index (χ4v) is 4.28. The van der Waals surface area contributed by atoms with Crippen LogP contribution >= 0.6 is 15.9 Å². The lowest BCUT2D eigenvalue weighted by atomic mass is 10.1. The van der Waals surface area contributed by atoms with Crippen molar-refractivity contribution in [1.82, 2.24) is 4.31 Å². The Bertz CT molecular complexity index is 540. The summed E-state index contributed by atoms with van der Waals surface area (Å²) >= 11 is 3.38. The molecule has 1 aliphatic carbocycles. The van der Waals surface area contributed by atoms with Crippen LogP contribution in [-0.2, 0) is 22.9 Å². The lowest BCUT2D eigenvalue weighted by Gasteiger charge is -2.19. The Labute approximate surface area is 117 Å². The number of aryl methyl sites for hydroxylation is 2. The molecule has 2 rings (SSSR count). The Balaban J connectivity index is 2.30. The molecule has 0 saturated heterocycles. The third-order valence-corrected chi connectivity index (χ3v) is 5.40. The number of halogens is 1. The van der Waals surface area contributed by atoms with Crippen molar-refractivity contribution in [3.8, 4) is 0 Å². The second-order valence-electron chi connectivity index (χ2n) is 4.85. The number of hydrogen-bond acceptors (Lipinski definition) is 2. The van der Waals surface area contributed by atoms with Gasteiger partial charge in [0.25, 0.3) is 0 Å². The van der Waals surface area contributed by atoms with Crippen molar-refractivity contribution in [1.29, 1.82) is 0 Å². The van der Waals surface area contributed by atoms with Crippen molar-refractivity contribution >= 4 is 26.0 Å². The molecule has 0 heterocycles. The molecular formula is C13H18BrNO2S. The average Bonchev–Trinajstić information content (AvgIpc) is 2.74. The van der Waals surface area contributed by atoms with Crippen LogP contribution in [0.1, 0.15) is 24.5 Å². The zero-order chi connectivity index (χ0) is 13.3. The first-order chi connectivity index (χ1) is 8.41. The first kappa shape index (κ1) is 14.0. The van der Waals surface area contributed by atoms with E-state index in [9.17, 15) is 8.42 Å². The summed E-state index contributed by atoms with van der Waals surface area (Å²) in [4.78, 5) is 0.561. The van der Waals surface area contributed by atoms with E-state index < -0.39 is 10.0 Å². The highest BCUT2D eigenvalue weighted by molar-refractivity contribution is 9.09. The number of benzene rings is 1. The summed E-state index contributed by atoms with van der Waals surface area (Å²) in [5.41, 5.74) is 2.49. The van der Waals surface area contributed by atoms with Gasteiger partial charge in [-0.2, -0.15) is 4.31 Å². The molecule has 5 heteroatoms. The standard InChI is InChI=1S/C13H18BrNO2S/c1-10(14)9-15(2)18(16,17)13-7-6-11-4-3-5-12(11)8-13/h6-8,10H,3-5,9H2,1-2H3. The molecule has 0 fully saturated rings. The lowest BCUT2D eigenvalue weighted by Crippen LogP contribution is -2.31. The van der Waals surface area contributed by atoms with Crippen LogP contribution in [-0.4, -0.2) is 31.1 Å². The summed E-state index contributed by atoms with van der Waals surface area (Å²) in [6, 6.07) is 5.53. The third-order valence-electron chi connectivity index (χ3n) is 3.29. The molecule has 1 aromatic carbocycles. The zero-order valence-corrected chi connectivity index (χ0v) is 13.1. The van der Waals surface area contributed by atoms with E-state index in [1.165, 1.54) is 15.4 Å². The van der Waals surface area contributed by atoms with Crippen molar-refractivity contribution in [2.75, 3.05) is 13.6 Å². The molecule has 1 unspecified atom stereocenters. The van der Waals surface area contributed by atoms with E-state index in [0.717, 1.165) is 19.3 Å². The summed E-state index contributed by atoms with van der Waals surface area (Å²) in [6.45, 7) is 2.41. The number of hydrogen-bond donors (Lipinski definition) is 0. The topological polar surface area (TPSA) is 37.4 Å². The predicted molar refractivity (Wildman–Crippen MR) is 76.7 cm³/mol. The van der Waals surface area contributed by atoms with Gasteiger partial charge in [-0.05, 0) is 42.5 Å². The summed E-state index contributed by atoms with van der Waals surface area (Å²) < 4.78 is 26.2. The Kier molecular flexibility index (Phi) is 4.14. The van der Waals surface area contributed by atoms with Gasteiger partial charge in [-0.1, -0.05) is 28.9 Å². The maximum Gasteiger partial charge on any atom is 0.242 e. The Hall–Kier alpha value is -0.390. The molecule has 0 aromatic heterocycles. The second kappa shape index (κ2) is 5.31. The number of rotatable bonds is 4. The van der Waals surface area contributed by atoms with Gasteiger partial charge in [0.2, 0.25) is 10.0 Å². The van der Waals surface area contributed by atoms with E-state index in [2.05, 4.69) is 15.9 Å². The minimum absolute atomic E-state index is 0.145. The molecule has 0 spiro atoms. The lowest BCUT2D eigenvalue weighted by molar-refractivity contribution is 0.473. The van der Waals surface area contributed by atoms with Gasteiger partial charge >= 0.3 is 0 Å². The van der Waals surface area contributed by atoms with E-state index in [1.54, 1.807) is 13.1 Å². The molecule has 1 aliphatic rings. The predicted octanol–water partition coefficient (Wildman–Crippen LogP) is 2.58. The SMILES string of the molecule is CC(Br)CN(C)S(=O)(=O)c1ccc2c(c1)CCC2. The van der Waals surface area contributed by atoms with Crippen molar-refractivity contribution in [2.24, 2.45) is 0 Å². The van der Waals surface area contributed by atoms with Crippen LogP contribution in [0.5, 0.6) is 0 Å². The van der Waals surface area contributed by atoms with Gasteiger partial charge in [0.15, 0.2) is 0 Å². The Morgan fingerprint density at radius 2 is 2.00 bits per heavy atom. The van der Waals surface area contributed by atoms with Crippen molar-refractivity contribution in [3.63, 3.8) is 0 Å². The quantitative estimate of drug-likeness (QED) is 0.795. The molecule has 0 amide bonds. The van der Waals surface area contributed by atoms with Gasteiger partial charge in [-0.3, -0.25) is 0 Å². The van der Waals surface area contributed by atoms with Crippen LogP contribution in [0.3, 0.4) is 0 Å². The normalized spacial score (nSPS) is 16.9. The number of nitrogens with zero attached hydrogens (tertiary/aromatic N) is 1. The van der Waals surface area contributed by atoms with Crippen LogP contribution < -0.4 is 0 Å². The summed E-state index contributed by atoms with van der Waals surface area (Å²) in [5, 5.41) is 0. The first-order valence-electron chi connectivity index (χ1n) is 6.13. The molecule has 0 saturated carbocycles. The zero-order valence-electron chi connectivity index (χ0n) is 10.7. The van der Waals surface area contributed by atoms with Gasteiger partial charge in [0, 0.05) is 18.4 Å². The molecule has 0 aliphatic heterocycles. The van der Waals surface area contributed by atoms with E-state index in [1.807, 2.05) is 19.1 Å². The summed E-state index contributed by atoms with van der Waals surface area (Å²) in [7, 11) is -1.73. The third kappa shape index (κ3) is 2.78. The fourth-order valence-electron chi connectivity index (χ4n) is 2.34. The second-order valence-corrected chi connectivity index (χ2v) is 8.46. The molecule has 0 bridgehead atoms. The van der Waals surface area contributed by atoms with Crippen LogP contribution in [0, 0.1) is 0 Å². The monoisotopic (exact) mass is 331 g/mol. The van der Waals surface area contributed by atoms with Gasteiger partial charge in [0.1, 0.15) is 0 Å². The van der Waals surface area contributed by atoms with Gasteiger partial charge < -0.3 is 0 Å². The van der Waals surface area contributed by atoms with E-state index in [0.29, 0.717) is 11.4 Å². The van der Waals surface area contributed by atoms with Crippen LogP contribution in [0.4, 0.5) is 0 Å². The number of alkyl halides is 1. The van der Waals surface area contributed by atoms with Crippen LogP contribution in [0.25, 0.3) is 0 Å². The van der Waals surface area contributed by atoms with E-state index in [-0.39, 0.29) is 4.83 Å². The van der Waals surface area contributed by atoms with Crippen LogP contribution in [0.15, 0.2) is 23.1 Å². The molecular weight excluding hydrogens is 314 g/mol. The Morgan fingerprint density at radius 3 is 2.67 bits per heavy atom. The highest BCUT2D eigenvalue weighted by Gasteiger charge is 2.23. The first-order valence-corrected chi connectivity index (χ1v) is 8.49. The van der Waals surface area contributed by atoms with Crippen molar-refractivity contribution in [2.45, 2.75) is 35.9 Å². The van der Waals surface area contributed by atoms with Gasteiger partial charge in [0.05, 0.1) is 4.90 Å².